The minimum atomic E-state index is -3.84. The van der Waals surface area contributed by atoms with E-state index in [-0.39, 0.29) is 34.7 Å². The predicted molar refractivity (Wildman–Crippen MR) is 101 cm³/mol. The smallest absolute Gasteiger partial charge is 0.251 e. The summed E-state index contributed by atoms with van der Waals surface area (Å²) in [5.41, 5.74) is 1.14. The summed E-state index contributed by atoms with van der Waals surface area (Å²) in [6, 6.07) is 13.6. The van der Waals surface area contributed by atoms with Gasteiger partial charge in [0, 0.05) is 25.2 Å². The third-order valence-corrected chi connectivity index (χ3v) is 5.61. The molecule has 1 amide bonds. The van der Waals surface area contributed by atoms with Crippen molar-refractivity contribution < 1.29 is 17.9 Å². The van der Waals surface area contributed by atoms with Gasteiger partial charge in [-0.15, -0.1) is 0 Å². The van der Waals surface area contributed by atoms with Crippen LogP contribution in [0.1, 0.15) is 29.8 Å². The maximum Gasteiger partial charge on any atom is 0.251 e. The van der Waals surface area contributed by atoms with Gasteiger partial charge in [0.05, 0.1) is 7.11 Å². The molecule has 0 spiro atoms. The van der Waals surface area contributed by atoms with E-state index in [0.717, 1.165) is 5.56 Å². The van der Waals surface area contributed by atoms with E-state index >= 15 is 0 Å². The zero-order valence-corrected chi connectivity index (χ0v) is 16.2. The summed E-state index contributed by atoms with van der Waals surface area (Å²) < 4.78 is 32.5. The first-order valence-corrected chi connectivity index (χ1v) is 9.69. The Kier molecular flexibility index (Phi) is 6.39. The zero-order chi connectivity index (χ0) is 19.3. The largest absolute Gasteiger partial charge is 0.495 e. The van der Waals surface area contributed by atoms with E-state index in [9.17, 15) is 13.2 Å². The summed E-state index contributed by atoms with van der Waals surface area (Å²) in [7, 11) is -0.931. The first-order valence-electron chi connectivity index (χ1n) is 8.25. The first-order chi connectivity index (χ1) is 12.3. The molecule has 7 heteroatoms. The molecule has 0 bridgehead atoms. The molecule has 0 saturated heterocycles. The Morgan fingerprint density at radius 3 is 2.38 bits per heavy atom. The number of methoxy groups -OCH3 is 1. The summed E-state index contributed by atoms with van der Waals surface area (Å²) >= 11 is 0. The zero-order valence-electron chi connectivity index (χ0n) is 15.4. The first kappa shape index (κ1) is 19.9. The van der Waals surface area contributed by atoms with Crippen molar-refractivity contribution in [1.29, 1.82) is 0 Å². The highest BCUT2D eigenvalue weighted by Gasteiger charge is 2.26. The molecule has 1 N–H and O–H groups in total. The minimum Gasteiger partial charge on any atom is -0.495 e. The summed E-state index contributed by atoms with van der Waals surface area (Å²) in [4.78, 5) is 12.2. The van der Waals surface area contributed by atoms with Gasteiger partial charge >= 0.3 is 0 Å². The van der Waals surface area contributed by atoms with Crippen LogP contribution in [0.3, 0.4) is 0 Å². The van der Waals surface area contributed by atoms with Crippen LogP contribution in [0.25, 0.3) is 0 Å². The highest BCUT2D eigenvalue weighted by atomic mass is 32.2. The van der Waals surface area contributed by atoms with E-state index in [1.54, 1.807) is 6.07 Å². The van der Waals surface area contributed by atoms with Crippen molar-refractivity contribution in [2.75, 3.05) is 14.2 Å². The van der Waals surface area contributed by atoms with Gasteiger partial charge in [-0.2, -0.15) is 4.31 Å². The van der Waals surface area contributed by atoms with Gasteiger partial charge in [0.25, 0.3) is 5.91 Å². The van der Waals surface area contributed by atoms with Crippen molar-refractivity contribution in [2.45, 2.75) is 31.3 Å². The summed E-state index contributed by atoms with van der Waals surface area (Å²) in [6.45, 7) is 3.90. The van der Waals surface area contributed by atoms with Crippen molar-refractivity contribution in [3.63, 3.8) is 0 Å². The lowest BCUT2D eigenvalue weighted by molar-refractivity contribution is 0.0943. The number of ether oxygens (including phenoxy) is 1. The van der Waals surface area contributed by atoms with Gasteiger partial charge in [-0.25, -0.2) is 8.42 Å². The molecule has 0 unspecified atom stereocenters. The second-order valence-corrected chi connectivity index (χ2v) is 8.25. The number of hydrogen-bond acceptors (Lipinski definition) is 4. The number of carbonyl (C=O) groups is 1. The van der Waals surface area contributed by atoms with E-state index < -0.39 is 10.0 Å². The maximum atomic E-state index is 13.0. The predicted octanol–water partition coefficient (Wildman–Crippen LogP) is 2.65. The lowest BCUT2D eigenvalue weighted by Crippen LogP contribution is -2.31. The number of rotatable bonds is 7. The van der Waals surface area contributed by atoms with Crippen molar-refractivity contribution in [3.05, 3.63) is 59.7 Å². The van der Waals surface area contributed by atoms with Crippen molar-refractivity contribution in [1.82, 2.24) is 9.62 Å². The average molecular weight is 376 g/mol. The Balaban J connectivity index is 2.38. The second kappa shape index (κ2) is 8.33. The third kappa shape index (κ3) is 4.62. The summed E-state index contributed by atoms with van der Waals surface area (Å²) in [5.74, 6) is -0.129. The van der Waals surface area contributed by atoms with Gasteiger partial charge in [-0.3, -0.25) is 4.79 Å². The van der Waals surface area contributed by atoms with Crippen molar-refractivity contribution >= 4 is 15.9 Å². The number of carbonyl (C=O) groups excluding carboxylic acids is 1. The molecule has 0 atom stereocenters. The Morgan fingerprint density at radius 1 is 1.15 bits per heavy atom. The molecule has 0 aliphatic heterocycles. The Labute approximate surface area is 154 Å². The maximum absolute atomic E-state index is 13.0. The molecule has 26 heavy (non-hydrogen) atoms. The van der Waals surface area contributed by atoms with E-state index in [0.29, 0.717) is 0 Å². The molecule has 0 heterocycles. The topological polar surface area (TPSA) is 75.7 Å². The average Bonchev–Trinajstić information content (AvgIpc) is 2.61. The van der Waals surface area contributed by atoms with Gasteiger partial charge in [0.1, 0.15) is 10.6 Å². The van der Waals surface area contributed by atoms with Gasteiger partial charge in [0.15, 0.2) is 0 Å². The lowest BCUT2D eigenvalue weighted by atomic mass is 10.2. The van der Waals surface area contributed by atoms with E-state index in [1.165, 1.54) is 30.6 Å². The molecule has 2 rings (SSSR count). The molecule has 0 saturated carbocycles. The SMILES string of the molecule is COc1ccc(C(=O)NC(C)C)cc1S(=O)(=O)N(C)Cc1ccccc1. The van der Waals surface area contributed by atoms with Crippen LogP contribution in [0.4, 0.5) is 0 Å². The Morgan fingerprint density at radius 2 is 1.81 bits per heavy atom. The number of benzene rings is 2. The molecular weight excluding hydrogens is 352 g/mol. The van der Waals surface area contributed by atoms with E-state index in [2.05, 4.69) is 5.32 Å². The molecule has 0 aliphatic carbocycles. The van der Waals surface area contributed by atoms with Crippen molar-refractivity contribution in [2.24, 2.45) is 0 Å². The number of nitrogens with one attached hydrogen (secondary N) is 1. The molecule has 6 nitrogen and oxygen atoms in total. The fraction of sp³-hybridized carbons (Fsp3) is 0.316. The summed E-state index contributed by atoms with van der Waals surface area (Å²) in [5, 5.41) is 2.76. The fourth-order valence-corrected chi connectivity index (χ4v) is 3.79. The minimum absolute atomic E-state index is 0.0326. The standard InChI is InChI=1S/C19H24N2O4S/c1-14(2)20-19(22)16-10-11-17(25-4)18(12-16)26(23,24)21(3)13-15-8-6-5-7-9-15/h5-12,14H,13H2,1-4H3,(H,20,22). The molecule has 2 aromatic carbocycles. The van der Waals surface area contributed by atoms with Gasteiger partial charge < -0.3 is 10.1 Å². The highest BCUT2D eigenvalue weighted by Crippen LogP contribution is 2.28. The normalized spacial score (nSPS) is 11.6. The lowest BCUT2D eigenvalue weighted by Gasteiger charge is -2.19. The van der Waals surface area contributed by atoms with Gasteiger partial charge in [-0.05, 0) is 37.6 Å². The molecule has 140 valence electrons. The van der Waals surface area contributed by atoms with E-state index in [1.807, 2.05) is 44.2 Å². The fourth-order valence-electron chi connectivity index (χ4n) is 2.46. The molecule has 0 fully saturated rings. The van der Waals surface area contributed by atoms with Crippen LogP contribution in [0.5, 0.6) is 5.75 Å². The monoisotopic (exact) mass is 376 g/mol. The Hall–Kier alpha value is -2.38. The molecule has 0 aliphatic rings. The molecular formula is C19H24N2O4S. The molecule has 2 aromatic rings. The van der Waals surface area contributed by atoms with Crippen molar-refractivity contribution in [3.8, 4) is 5.75 Å². The van der Waals surface area contributed by atoms with Crippen LogP contribution in [-0.4, -0.2) is 38.8 Å². The van der Waals surface area contributed by atoms with Crippen LogP contribution in [0.15, 0.2) is 53.4 Å². The van der Waals surface area contributed by atoms with Crippen LogP contribution in [0.2, 0.25) is 0 Å². The van der Waals surface area contributed by atoms with E-state index in [4.69, 9.17) is 4.74 Å². The third-order valence-electron chi connectivity index (χ3n) is 3.78. The van der Waals surface area contributed by atoms with Gasteiger partial charge in [0.2, 0.25) is 10.0 Å². The van der Waals surface area contributed by atoms with Crippen LogP contribution >= 0.6 is 0 Å². The van der Waals surface area contributed by atoms with Crippen LogP contribution in [0, 0.1) is 0 Å². The number of amides is 1. The van der Waals surface area contributed by atoms with Crippen LogP contribution in [-0.2, 0) is 16.6 Å². The Bertz CT molecular complexity index is 864. The molecule has 0 radical (unpaired) electrons. The van der Waals surface area contributed by atoms with Crippen LogP contribution < -0.4 is 10.1 Å². The van der Waals surface area contributed by atoms with Gasteiger partial charge in [-0.1, -0.05) is 30.3 Å². The number of nitrogens with zero attached hydrogens (tertiary/aromatic N) is 1. The molecule has 0 aromatic heterocycles. The highest BCUT2D eigenvalue weighted by molar-refractivity contribution is 7.89. The number of sulfonamides is 1. The number of hydrogen-bond donors (Lipinski definition) is 1. The quantitative estimate of drug-likeness (QED) is 0.806. The summed E-state index contributed by atoms with van der Waals surface area (Å²) in [6.07, 6.45) is 0. The second-order valence-electron chi connectivity index (χ2n) is 6.24.